The monoisotopic (exact) mass is 544 g/mol. The van der Waals surface area contributed by atoms with E-state index in [1.54, 1.807) is 24.7 Å². The van der Waals surface area contributed by atoms with Crippen molar-refractivity contribution in [3.63, 3.8) is 0 Å². The predicted molar refractivity (Wildman–Crippen MR) is 141 cm³/mol. The molecule has 196 valence electrons. The summed E-state index contributed by atoms with van der Waals surface area (Å²) in [5.41, 5.74) is 2.67. The first-order valence-electron chi connectivity index (χ1n) is 12.3. The van der Waals surface area contributed by atoms with Crippen LogP contribution in [0.2, 0.25) is 5.02 Å². The Kier molecular flexibility index (Phi) is 6.70. The van der Waals surface area contributed by atoms with Crippen molar-refractivity contribution in [1.82, 2.24) is 29.7 Å². The molecule has 4 aromatic rings. The van der Waals surface area contributed by atoms with Crippen molar-refractivity contribution in [3.05, 3.63) is 46.4 Å². The number of halogens is 1. The predicted octanol–water partition coefficient (Wildman–Crippen LogP) is 4.51. The molecule has 12 heteroatoms. The van der Waals surface area contributed by atoms with E-state index in [-0.39, 0.29) is 12.4 Å². The number of fused-ring (bicyclic) bond motifs is 1. The van der Waals surface area contributed by atoms with Gasteiger partial charge in [-0.05, 0) is 37.3 Å². The van der Waals surface area contributed by atoms with Crippen LogP contribution in [-0.4, -0.2) is 49.1 Å². The number of imidazole rings is 1. The second-order valence-electron chi connectivity index (χ2n) is 10.5. The molecule has 5 rings (SSSR count). The highest BCUT2D eigenvalue weighted by Gasteiger charge is 2.39. The molecule has 0 bridgehead atoms. The van der Waals surface area contributed by atoms with Gasteiger partial charge in [-0.15, -0.1) is 0 Å². The lowest BCUT2D eigenvalue weighted by atomic mass is 9.79. The smallest absolute Gasteiger partial charge is 0.327 e. The van der Waals surface area contributed by atoms with Gasteiger partial charge in [0.1, 0.15) is 5.69 Å². The van der Waals surface area contributed by atoms with Crippen LogP contribution in [0.4, 0.5) is 0 Å². The van der Waals surface area contributed by atoms with Gasteiger partial charge in [0.2, 0.25) is 5.82 Å². The average molecular weight is 545 g/mol. The number of rotatable bonds is 7. The van der Waals surface area contributed by atoms with Gasteiger partial charge in [-0.3, -0.25) is 14.5 Å². The third kappa shape index (κ3) is 5.19. The van der Waals surface area contributed by atoms with Gasteiger partial charge in [-0.1, -0.05) is 49.4 Å². The Balaban J connectivity index is 1.62. The van der Waals surface area contributed by atoms with Crippen molar-refractivity contribution in [1.29, 1.82) is 0 Å². The zero-order chi connectivity index (χ0) is 26.4. The first kappa shape index (κ1) is 25.6. The fraction of sp³-hybridized carbons (Fsp3) is 0.480. The first-order valence-corrected chi connectivity index (χ1v) is 14.5. The highest BCUT2D eigenvalue weighted by Crippen LogP contribution is 2.38. The molecule has 0 spiro atoms. The average Bonchev–Trinajstić information content (AvgIpc) is 3.45. The van der Waals surface area contributed by atoms with E-state index >= 15 is 0 Å². The van der Waals surface area contributed by atoms with Crippen LogP contribution in [0.1, 0.15) is 46.0 Å². The van der Waals surface area contributed by atoms with Gasteiger partial charge in [-0.25, -0.2) is 23.2 Å². The molecule has 10 nitrogen and oxygen atoms in total. The Morgan fingerprint density at radius 2 is 1.97 bits per heavy atom. The molecular formula is C25H29ClN6O4S. The summed E-state index contributed by atoms with van der Waals surface area (Å²) in [7, 11) is -3.42. The summed E-state index contributed by atoms with van der Waals surface area (Å²) in [5, 5.41) is 4.18. The molecule has 1 N–H and O–H groups in total. The number of hydrogen-bond acceptors (Lipinski definition) is 8. The lowest BCUT2D eigenvalue weighted by Crippen LogP contribution is -2.41. The standard InChI is InChI=1S/C25H29ClN6O4S/c1-15-4-6-16(7-5-15)10-25(2,37(3,34)35)13-32-14-28-19-9-20(23-30-24(33)36-31-23)29-21(22(19)32)17-8-18(26)12-27-11-17/h8-9,11-12,14-16H,4-7,10,13H2,1-3H3,(H,30,31,33). The Morgan fingerprint density at radius 3 is 2.62 bits per heavy atom. The van der Waals surface area contributed by atoms with Crippen LogP contribution in [0.5, 0.6) is 0 Å². The fourth-order valence-electron chi connectivity index (χ4n) is 5.26. The number of nitrogens with zero attached hydrogens (tertiary/aromatic N) is 5. The quantitative estimate of drug-likeness (QED) is 0.359. The molecule has 1 unspecified atom stereocenters. The van der Waals surface area contributed by atoms with Gasteiger partial charge in [0.15, 0.2) is 9.84 Å². The van der Waals surface area contributed by atoms with Crippen molar-refractivity contribution in [2.24, 2.45) is 11.8 Å². The second-order valence-corrected chi connectivity index (χ2v) is 13.5. The van der Waals surface area contributed by atoms with E-state index in [9.17, 15) is 13.2 Å². The molecule has 1 saturated carbocycles. The van der Waals surface area contributed by atoms with Gasteiger partial charge in [-0.2, -0.15) is 0 Å². The summed E-state index contributed by atoms with van der Waals surface area (Å²) >= 11 is 6.24. The van der Waals surface area contributed by atoms with Gasteiger partial charge in [0.05, 0.1) is 32.8 Å². The molecule has 1 aliphatic carbocycles. The van der Waals surface area contributed by atoms with Crippen LogP contribution >= 0.6 is 11.6 Å². The van der Waals surface area contributed by atoms with Gasteiger partial charge in [0, 0.05) is 30.8 Å². The van der Waals surface area contributed by atoms with Crippen molar-refractivity contribution in [2.75, 3.05) is 6.26 Å². The van der Waals surface area contributed by atoms with Gasteiger partial charge >= 0.3 is 5.76 Å². The lowest BCUT2D eigenvalue weighted by molar-refractivity contribution is 0.250. The van der Waals surface area contributed by atoms with Crippen LogP contribution in [0.25, 0.3) is 33.8 Å². The minimum absolute atomic E-state index is 0.158. The zero-order valence-corrected chi connectivity index (χ0v) is 22.5. The van der Waals surface area contributed by atoms with Crippen molar-refractivity contribution < 1.29 is 12.9 Å². The Labute approximate surface area is 219 Å². The number of hydrogen-bond donors (Lipinski definition) is 1. The van der Waals surface area contributed by atoms with E-state index in [0.717, 1.165) is 25.7 Å². The number of sulfone groups is 1. The van der Waals surface area contributed by atoms with Crippen LogP contribution < -0.4 is 5.76 Å². The van der Waals surface area contributed by atoms with Gasteiger partial charge < -0.3 is 4.57 Å². The summed E-state index contributed by atoms with van der Waals surface area (Å²) in [6.45, 7) is 4.30. The summed E-state index contributed by atoms with van der Waals surface area (Å²) in [6.07, 6.45) is 11.0. The maximum atomic E-state index is 13.2. The molecule has 0 aromatic carbocycles. The maximum absolute atomic E-state index is 13.2. The van der Waals surface area contributed by atoms with E-state index in [4.69, 9.17) is 16.6 Å². The van der Waals surface area contributed by atoms with Crippen molar-refractivity contribution in [3.8, 4) is 22.8 Å². The number of aromatic nitrogens is 6. The molecule has 0 radical (unpaired) electrons. The van der Waals surface area contributed by atoms with Gasteiger partial charge in [0.25, 0.3) is 0 Å². The van der Waals surface area contributed by atoms with Crippen LogP contribution in [0, 0.1) is 11.8 Å². The summed E-state index contributed by atoms with van der Waals surface area (Å²) < 4.78 is 31.8. The van der Waals surface area contributed by atoms with Crippen molar-refractivity contribution >= 4 is 32.5 Å². The molecule has 0 saturated heterocycles. The Morgan fingerprint density at radius 1 is 1.22 bits per heavy atom. The van der Waals surface area contributed by atoms with E-state index in [1.807, 2.05) is 11.5 Å². The third-order valence-electron chi connectivity index (χ3n) is 7.51. The van der Waals surface area contributed by atoms with Crippen molar-refractivity contribution in [2.45, 2.75) is 57.2 Å². The van der Waals surface area contributed by atoms with E-state index < -0.39 is 20.3 Å². The largest absolute Gasteiger partial charge is 0.439 e. The SMILES string of the molecule is CC1CCC(CC(C)(Cn2cnc3cc(-c4noc(=O)[nH]4)nc(-c4cncc(Cl)c4)c32)S(C)(=O)=O)CC1. The maximum Gasteiger partial charge on any atom is 0.439 e. The molecule has 0 amide bonds. The minimum Gasteiger partial charge on any atom is -0.327 e. The normalized spacial score (nSPS) is 20.2. The number of nitrogens with one attached hydrogen (secondary N) is 1. The molecule has 4 heterocycles. The molecule has 1 atom stereocenters. The minimum atomic E-state index is -3.42. The Bertz CT molecular complexity index is 1600. The highest BCUT2D eigenvalue weighted by molar-refractivity contribution is 7.92. The topological polar surface area (TPSA) is 137 Å². The second kappa shape index (κ2) is 9.68. The third-order valence-corrected chi connectivity index (χ3v) is 9.81. The molecule has 0 aliphatic heterocycles. The van der Waals surface area contributed by atoms with Crippen LogP contribution in [-0.2, 0) is 16.4 Å². The molecule has 4 aromatic heterocycles. The van der Waals surface area contributed by atoms with E-state index in [2.05, 4.69) is 31.6 Å². The number of pyridine rings is 2. The zero-order valence-electron chi connectivity index (χ0n) is 20.9. The molecule has 1 aliphatic rings. The fourth-order valence-corrected chi connectivity index (χ4v) is 6.34. The number of H-pyrrole nitrogens is 1. The molecule has 37 heavy (non-hydrogen) atoms. The first-order chi connectivity index (χ1) is 17.5. The van der Waals surface area contributed by atoms with Crippen LogP contribution in [0.3, 0.4) is 0 Å². The summed E-state index contributed by atoms with van der Waals surface area (Å²) in [4.78, 5) is 27.6. The molecular weight excluding hydrogens is 516 g/mol. The Hall–Kier alpha value is -3.05. The van der Waals surface area contributed by atoms with E-state index in [1.165, 1.54) is 12.5 Å². The summed E-state index contributed by atoms with van der Waals surface area (Å²) in [5.74, 6) is 0.503. The lowest BCUT2D eigenvalue weighted by Gasteiger charge is -2.35. The highest BCUT2D eigenvalue weighted by atomic mass is 35.5. The number of aromatic amines is 1. The van der Waals surface area contributed by atoms with Crippen LogP contribution in [0.15, 0.2) is 40.2 Å². The molecule has 1 fully saturated rings. The van der Waals surface area contributed by atoms with E-state index in [0.29, 0.717) is 51.3 Å². The summed E-state index contributed by atoms with van der Waals surface area (Å²) in [6, 6.07) is 3.41.